The number of benzene rings is 1. The van der Waals surface area contributed by atoms with Gasteiger partial charge in [-0.05, 0) is 26.0 Å². The topological polar surface area (TPSA) is 64.4 Å². The number of hydrogen-bond acceptors (Lipinski definition) is 3. The zero-order valence-corrected chi connectivity index (χ0v) is 12.1. The number of ether oxygens (including phenoxy) is 1. The van der Waals surface area contributed by atoms with Crippen molar-refractivity contribution >= 4 is 17.0 Å². The number of hydrogen-bond donors (Lipinski definition) is 1. The van der Waals surface area contributed by atoms with Crippen LogP contribution in [0.3, 0.4) is 0 Å². The molecule has 1 aromatic carbocycles. The molecule has 0 spiro atoms. The molecule has 1 aromatic heterocycles. The van der Waals surface area contributed by atoms with Gasteiger partial charge in [0, 0.05) is 13.0 Å². The molecule has 1 N–H and O–H groups in total. The molecule has 2 aromatic rings. The zero-order valence-electron chi connectivity index (χ0n) is 12.1. The third-order valence-electron chi connectivity index (χ3n) is 3.34. The fraction of sp³-hybridized carbons (Fsp3) is 0.467. The number of carboxylic acids is 1. The first-order valence-corrected chi connectivity index (χ1v) is 6.91. The van der Waals surface area contributed by atoms with Crippen LogP contribution in [0, 0.1) is 0 Å². The zero-order chi connectivity index (χ0) is 14.7. The SMILES string of the molecule is CCOCC(C)n1c(CC)nc2c(C(=O)O)cccc21. The number of carbonyl (C=O) groups is 1. The van der Waals surface area contributed by atoms with Crippen LogP contribution in [0.5, 0.6) is 0 Å². The van der Waals surface area contributed by atoms with E-state index in [9.17, 15) is 9.90 Å². The van der Waals surface area contributed by atoms with E-state index in [1.165, 1.54) is 0 Å². The van der Waals surface area contributed by atoms with Crippen LogP contribution in [0.1, 0.15) is 43.0 Å². The summed E-state index contributed by atoms with van der Waals surface area (Å²) in [6.07, 6.45) is 0.754. The summed E-state index contributed by atoms with van der Waals surface area (Å²) in [6, 6.07) is 5.39. The van der Waals surface area contributed by atoms with Crippen molar-refractivity contribution in [2.45, 2.75) is 33.2 Å². The predicted octanol–water partition coefficient (Wildman–Crippen LogP) is 2.89. The maximum absolute atomic E-state index is 11.3. The molecule has 0 aliphatic carbocycles. The normalized spacial score (nSPS) is 12.8. The largest absolute Gasteiger partial charge is 0.478 e. The Morgan fingerprint density at radius 1 is 1.45 bits per heavy atom. The van der Waals surface area contributed by atoms with Crippen LogP contribution in [-0.4, -0.2) is 33.8 Å². The van der Waals surface area contributed by atoms with Crippen LogP contribution in [-0.2, 0) is 11.2 Å². The maximum Gasteiger partial charge on any atom is 0.337 e. The van der Waals surface area contributed by atoms with E-state index >= 15 is 0 Å². The van der Waals surface area contributed by atoms with Crippen LogP contribution in [0.2, 0.25) is 0 Å². The summed E-state index contributed by atoms with van der Waals surface area (Å²) < 4.78 is 7.56. The van der Waals surface area contributed by atoms with Crippen molar-refractivity contribution in [3.8, 4) is 0 Å². The average molecular weight is 276 g/mol. The van der Waals surface area contributed by atoms with Gasteiger partial charge in [0.25, 0.3) is 0 Å². The molecule has 0 saturated heterocycles. The number of aromatic nitrogens is 2. The quantitative estimate of drug-likeness (QED) is 0.881. The van der Waals surface area contributed by atoms with E-state index < -0.39 is 5.97 Å². The summed E-state index contributed by atoms with van der Waals surface area (Å²) in [7, 11) is 0. The second-order valence-electron chi connectivity index (χ2n) is 4.74. The lowest BCUT2D eigenvalue weighted by Gasteiger charge is -2.17. The van der Waals surface area contributed by atoms with Gasteiger partial charge in [-0.2, -0.15) is 0 Å². The second kappa shape index (κ2) is 6.05. The lowest BCUT2D eigenvalue weighted by atomic mass is 10.2. The minimum absolute atomic E-state index is 0.124. The Kier molecular flexibility index (Phi) is 4.39. The van der Waals surface area contributed by atoms with Crippen LogP contribution in [0.4, 0.5) is 0 Å². The van der Waals surface area contributed by atoms with Gasteiger partial charge >= 0.3 is 5.97 Å². The van der Waals surface area contributed by atoms with E-state index in [1.807, 2.05) is 19.9 Å². The molecule has 1 unspecified atom stereocenters. The Balaban J connectivity index is 2.58. The number of aromatic carboxylic acids is 1. The van der Waals surface area contributed by atoms with E-state index in [0.29, 0.717) is 18.7 Å². The van der Waals surface area contributed by atoms with Crippen molar-refractivity contribution in [3.63, 3.8) is 0 Å². The van der Waals surface area contributed by atoms with Gasteiger partial charge in [-0.25, -0.2) is 9.78 Å². The highest BCUT2D eigenvalue weighted by molar-refractivity contribution is 6.01. The van der Waals surface area contributed by atoms with Gasteiger partial charge in [-0.15, -0.1) is 0 Å². The number of nitrogens with zero attached hydrogens (tertiary/aromatic N) is 2. The molecule has 5 nitrogen and oxygen atoms in total. The van der Waals surface area contributed by atoms with Gasteiger partial charge < -0.3 is 14.4 Å². The molecule has 1 heterocycles. The van der Waals surface area contributed by atoms with E-state index in [4.69, 9.17) is 4.74 Å². The molecule has 5 heteroatoms. The minimum Gasteiger partial charge on any atom is -0.478 e. The summed E-state index contributed by atoms with van der Waals surface area (Å²) in [5, 5.41) is 9.26. The van der Waals surface area contributed by atoms with E-state index in [-0.39, 0.29) is 11.6 Å². The Morgan fingerprint density at radius 2 is 2.20 bits per heavy atom. The third-order valence-corrected chi connectivity index (χ3v) is 3.34. The van der Waals surface area contributed by atoms with Gasteiger partial charge in [-0.3, -0.25) is 0 Å². The average Bonchev–Trinajstić information content (AvgIpc) is 2.82. The summed E-state index contributed by atoms with van der Waals surface area (Å²) >= 11 is 0. The third kappa shape index (κ3) is 2.54. The van der Waals surface area contributed by atoms with Crippen molar-refractivity contribution in [1.82, 2.24) is 9.55 Å². The summed E-state index contributed by atoms with van der Waals surface area (Å²) in [6.45, 7) is 7.29. The van der Waals surface area contributed by atoms with Crippen molar-refractivity contribution in [2.24, 2.45) is 0 Å². The van der Waals surface area contributed by atoms with Crippen molar-refractivity contribution in [1.29, 1.82) is 0 Å². The molecular weight excluding hydrogens is 256 g/mol. The molecular formula is C15H20N2O3. The Labute approximate surface area is 118 Å². The lowest BCUT2D eigenvalue weighted by molar-refractivity contribution is 0.0699. The smallest absolute Gasteiger partial charge is 0.337 e. The Hall–Kier alpha value is -1.88. The molecule has 108 valence electrons. The summed E-state index contributed by atoms with van der Waals surface area (Å²) in [4.78, 5) is 15.8. The van der Waals surface area contributed by atoms with Gasteiger partial charge in [0.05, 0.1) is 23.7 Å². The van der Waals surface area contributed by atoms with Crippen LogP contribution < -0.4 is 0 Å². The molecule has 0 aliphatic rings. The lowest BCUT2D eigenvalue weighted by Crippen LogP contribution is -2.14. The Morgan fingerprint density at radius 3 is 2.80 bits per heavy atom. The molecule has 0 bridgehead atoms. The van der Waals surface area contributed by atoms with Crippen molar-refractivity contribution in [2.75, 3.05) is 13.2 Å². The number of carboxylic acid groups (broad SMARTS) is 1. The highest BCUT2D eigenvalue weighted by Gasteiger charge is 2.19. The number of aryl methyl sites for hydroxylation is 1. The Bertz CT molecular complexity index is 619. The van der Waals surface area contributed by atoms with E-state index in [2.05, 4.69) is 16.5 Å². The molecule has 0 amide bonds. The highest BCUT2D eigenvalue weighted by Crippen LogP contribution is 2.24. The predicted molar refractivity (Wildman–Crippen MR) is 77.3 cm³/mol. The first kappa shape index (κ1) is 14.5. The molecule has 0 fully saturated rings. The summed E-state index contributed by atoms with van der Waals surface area (Å²) in [5.74, 6) is -0.0544. The van der Waals surface area contributed by atoms with Gasteiger partial charge in [0.2, 0.25) is 0 Å². The maximum atomic E-state index is 11.3. The van der Waals surface area contributed by atoms with Crippen molar-refractivity contribution < 1.29 is 14.6 Å². The van der Waals surface area contributed by atoms with Gasteiger partial charge in [0.1, 0.15) is 11.3 Å². The monoisotopic (exact) mass is 276 g/mol. The highest BCUT2D eigenvalue weighted by atomic mass is 16.5. The molecule has 0 saturated carbocycles. The first-order chi connectivity index (χ1) is 9.60. The first-order valence-electron chi connectivity index (χ1n) is 6.91. The molecule has 0 aliphatic heterocycles. The van der Waals surface area contributed by atoms with Gasteiger partial charge in [0.15, 0.2) is 0 Å². The molecule has 0 radical (unpaired) electrons. The number of fused-ring (bicyclic) bond motifs is 1. The van der Waals surface area contributed by atoms with Crippen LogP contribution >= 0.6 is 0 Å². The van der Waals surface area contributed by atoms with Crippen molar-refractivity contribution in [3.05, 3.63) is 29.6 Å². The number of imidazole rings is 1. The van der Waals surface area contributed by atoms with E-state index in [1.54, 1.807) is 12.1 Å². The standard InChI is InChI=1S/C15H20N2O3/c1-4-13-16-14-11(15(18)19)7-6-8-12(14)17(13)10(3)9-20-5-2/h6-8,10H,4-5,9H2,1-3H3,(H,18,19). The number of para-hydroxylation sites is 1. The van der Waals surface area contributed by atoms with Gasteiger partial charge in [-0.1, -0.05) is 13.0 Å². The number of rotatable bonds is 6. The fourth-order valence-electron chi connectivity index (χ4n) is 2.44. The second-order valence-corrected chi connectivity index (χ2v) is 4.74. The van der Waals surface area contributed by atoms with E-state index in [0.717, 1.165) is 17.8 Å². The summed E-state index contributed by atoms with van der Waals surface area (Å²) in [5.41, 5.74) is 1.66. The van der Waals surface area contributed by atoms with Crippen LogP contribution in [0.25, 0.3) is 11.0 Å². The molecule has 2 rings (SSSR count). The minimum atomic E-state index is -0.944. The van der Waals surface area contributed by atoms with Crippen LogP contribution in [0.15, 0.2) is 18.2 Å². The fourth-order valence-corrected chi connectivity index (χ4v) is 2.44. The molecule has 20 heavy (non-hydrogen) atoms. The molecule has 1 atom stereocenters.